The summed E-state index contributed by atoms with van der Waals surface area (Å²) in [7, 11) is -3.73. The number of rotatable bonds is 5. The highest BCUT2D eigenvalue weighted by Crippen LogP contribution is 2.22. The number of primary sulfonamides is 1. The lowest BCUT2D eigenvalue weighted by atomic mass is 10.3. The highest BCUT2D eigenvalue weighted by Gasteiger charge is 2.08. The van der Waals surface area contributed by atoms with Gasteiger partial charge in [-0.1, -0.05) is 17.7 Å². The van der Waals surface area contributed by atoms with Gasteiger partial charge in [-0.05, 0) is 42.5 Å². The summed E-state index contributed by atoms with van der Waals surface area (Å²) < 4.78 is 22.3. The van der Waals surface area contributed by atoms with Gasteiger partial charge >= 0.3 is 0 Å². The maximum absolute atomic E-state index is 11.8. The molecule has 5 nitrogen and oxygen atoms in total. The number of sulfonamides is 1. The number of hydrogen-bond donors (Lipinski definition) is 2. The standard InChI is InChI=1S/C14H13ClN2O3S2/c15-10-2-1-3-12(8-10)21-9-14(18)17-11-4-6-13(7-5-11)22(16,19)20/h1-8H,9H2,(H,17,18)(H2,16,19,20). The lowest BCUT2D eigenvalue weighted by molar-refractivity contribution is -0.113. The van der Waals surface area contributed by atoms with E-state index in [1.54, 1.807) is 12.1 Å². The summed E-state index contributed by atoms with van der Waals surface area (Å²) in [5.74, 6) is 0.0189. The van der Waals surface area contributed by atoms with Crippen LogP contribution in [0.2, 0.25) is 5.02 Å². The number of nitrogens with one attached hydrogen (secondary N) is 1. The molecule has 1 amide bonds. The van der Waals surface area contributed by atoms with E-state index in [1.165, 1.54) is 36.0 Å². The SMILES string of the molecule is NS(=O)(=O)c1ccc(NC(=O)CSc2cccc(Cl)c2)cc1. The van der Waals surface area contributed by atoms with Crippen LogP contribution >= 0.6 is 23.4 Å². The van der Waals surface area contributed by atoms with E-state index >= 15 is 0 Å². The smallest absolute Gasteiger partial charge is 0.238 e. The number of anilines is 1. The topological polar surface area (TPSA) is 89.3 Å². The Bertz CT molecular complexity index is 777. The first-order valence-corrected chi connectivity index (χ1v) is 9.07. The second-order valence-electron chi connectivity index (χ2n) is 4.36. The van der Waals surface area contributed by atoms with Crippen molar-refractivity contribution >= 4 is 45.0 Å². The number of nitrogens with two attached hydrogens (primary N) is 1. The predicted octanol–water partition coefficient (Wildman–Crippen LogP) is 2.72. The fraction of sp³-hybridized carbons (Fsp3) is 0.0714. The van der Waals surface area contributed by atoms with Gasteiger partial charge in [0.25, 0.3) is 0 Å². The predicted molar refractivity (Wildman–Crippen MR) is 88.6 cm³/mol. The first-order chi connectivity index (χ1) is 10.3. The van der Waals surface area contributed by atoms with Crippen LogP contribution < -0.4 is 10.5 Å². The zero-order chi connectivity index (χ0) is 16.2. The van der Waals surface area contributed by atoms with Crippen molar-refractivity contribution in [3.8, 4) is 0 Å². The van der Waals surface area contributed by atoms with E-state index in [2.05, 4.69) is 5.32 Å². The van der Waals surface area contributed by atoms with E-state index in [4.69, 9.17) is 16.7 Å². The fourth-order valence-corrected chi connectivity index (χ4v) is 3.16. The summed E-state index contributed by atoms with van der Waals surface area (Å²) in [5, 5.41) is 8.29. The Morgan fingerprint density at radius 3 is 2.45 bits per heavy atom. The Morgan fingerprint density at radius 1 is 1.18 bits per heavy atom. The first-order valence-electron chi connectivity index (χ1n) is 6.16. The lowest BCUT2D eigenvalue weighted by Gasteiger charge is -2.06. The molecule has 0 bridgehead atoms. The molecule has 3 N–H and O–H groups in total. The molecular formula is C14H13ClN2O3S2. The fourth-order valence-electron chi connectivity index (χ4n) is 1.63. The molecule has 22 heavy (non-hydrogen) atoms. The lowest BCUT2D eigenvalue weighted by Crippen LogP contribution is -2.15. The molecule has 0 fully saturated rings. The molecular weight excluding hydrogens is 344 g/mol. The zero-order valence-corrected chi connectivity index (χ0v) is 13.7. The van der Waals surface area contributed by atoms with Crippen LogP contribution in [0.5, 0.6) is 0 Å². The molecule has 0 aromatic heterocycles. The zero-order valence-electron chi connectivity index (χ0n) is 11.3. The number of benzene rings is 2. The van der Waals surface area contributed by atoms with Crippen molar-refractivity contribution in [1.82, 2.24) is 0 Å². The molecule has 2 aromatic rings. The Kier molecular flexibility index (Phi) is 5.47. The Labute approximate surface area is 137 Å². The Morgan fingerprint density at radius 2 is 1.86 bits per heavy atom. The molecule has 0 spiro atoms. The van der Waals surface area contributed by atoms with Gasteiger partial charge in [0.1, 0.15) is 0 Å². The maximum atomic E-state index is 11.8. The van der Waals surface area contributed by atoms with E-state index in [9.17, 15) is 13.2 Å². The first kappa shape index (κ1) is 16.8. The second kappa shape index (κ2) is 7.15. The minimum atomic E-state index is -3.73. The number of hydrogen-bond acceptors (Lipinski definition) is 4. The molecule has 0 aliphatic carbocycles. The van der Waals surface area contributed by atoms with E-state index < -0.39 is 10.0 Å². The van der Waals surface area contributed by atoms with Crippen molar-refractivity contribution in [2.24, 2.45) is 5.14 Å². The number of carbonyl (C=O) groups excluding carboxylic acids is 1. The molecule has 116 valence electrons. The van der Waals surface area contributed by atoms with Crippen LogP contribution in [0.3, 0.4) is 0 Å². The van der Waals surface area contributed by atoms with Gasteiger partial charge in [-0.15, -0.1) is 11.8 Å². The molecule has 8 heteroatoms. The van der Waals surface area contributed by atoms with Gasteiger partial charge in [-0.3, -0.25) is 4.79 Å². The van der Waals surface area contributed by atoms with Crippen molar-refractivity contribution in [1.29, 1.82) is 0 Å². The largest absolute Gasteiger partial charge is 0.325 e. The Hall–Kier alpha value is -1.54. The van der Waals surface area contributed by atoms with Gasteiger partial charge in [0, 0.05) is 15.6 Å². The molecule has 2 rings (SSSR count). The summed E-state index contributed by atoms with van der Waals surface area (Å²) >= 11 is 7.23. The van der Waals surface area contributed by atoms with Crippen molar-refractivity contribution in [3.63, 3.8) is 0 Å². The molecule has 0 atom stereocenters. The summed E-state index contributed by atoms with van der Waals surface area (Å²) in [5.41, 5.74) is 0.504. The van der Waals surface area contributed by atoms with Gasteiger partial charge in [-0.2, -0.15) is 0 Å². The van der Waals surface area contributed by atoms with E-state index in [-0.39, 0.29) is 16.6 Å². The van der Waals surface area contributed by atoms with Crippen LogP contribution in [0.1, 0.15) is 0 Å². The molecule has 0 aliphatic heterocycles. The van der Waals surface area contributed by atoms with Gasteiger partial charge in [0.2, 0.25) is 15.9 Å². The summed E-state index contributed by atoms with van der Waals surface area (Å²) in [4.78, 5) is 12.7. The third-order valence-electron chi connectivity index (χ3n) is 2.63. The molecule has 0 heterocycles. The molecule has 0 saturated carbocycles. The monoisotopic (exact) mass is 356 g/mol. The molecule has 0 radical (unpaired) electrons. The summed E-state index contributed by atoms with van der Waals surface area (Å²) in [6.45, 7) is 0. The van der Waals surface area contributed by atoms with E-state index in [0.717, 1.165) is 4.90 Å². The van der Waals surface area contributed by atoms with E-state index in [0.29, 0.717) is 10.7 Å². The highest BCUT2D eigenvalue weighted by molar-refractivity contribution is 8.00. The van der Waals surface area contributed by atoms with Gasteiger partial charge < -0.3 is 5.32 Å². The molecule has 0 aliphatic rings. The van der Waals surface area contributed by atoms with Crippen molar-refractivity contribution in [3.05, 3.63) is 53.6 Å². The number of carbonyl (C=O) groups is 1. The van der Waals surface area contributed by atoms with Crippen LogP contribution in [0.25, 0.3) is 0 Å². The van der Waals surface area contributed by atoms with Crippen molar-refractivity contribution in [2.45, 2.75) is 9.79 Å². The quantitative estimate of drug-likeness (QED) is 0.806. The number of halogens is 1. The van der Waals surface area contributed by atoms with Crippen LogP contribution in [-0.2, 0) is 14.8 Å². The highest BCUT2D eigenvalue weighted by atomic mass is 35.5. The number of amides is 1. The average molecular weight is 357 g/mol. The molecule has 0 saturated heterocycles. The minimum Gasteiger partial charge on any atom is -0.325 e. The van der Waals surface area contributed by atoms with Crippen LogP contribution in [0.4, 0.5) is 5.69 Å². The van der Waals surface area contributed by atoms with Crippen LogP contribution in [0, 0.1) is 0 Å². The third kappa shape index (κ3) is 5.03. The van der Waals surface area contributed by atoms with E-state index in [1.807, 2.05) is 12.1 Å². The molecule has 2 aromatic carbocycles. The van der Waals surface area contributed by atoms with Crippen molar-refractivity contribution in [2.75, 3.05) is 11.1 Å². The average Bonchev–Trinajstić information content (AvgIpc) is 2.45. The van der Waals surface area contributed by atoms with Gasteiger partial charge in [-0.25, -0.2) is 13.6 Å². The summed E-state index contributed by atoms with van der Waals surface area (Å²) in [6, 6.07) is 12.9. The van der Waals surface area contributed by atoms with Gasteiger partial charge in [0.15, 0.2) is 0 Å². The third-order valence-corrected chi connectivity index (χ3v) is 4.79. The van der Waals surface area contributed by atoms with Crippen molar-refractivity contribution < 1.29 is 13.2 Å². The molecule has 0 unspecified atom stereocenters. The van der Waals surface area contributed by atoms with Gasteiger partial charge in [0.05, 0.1) is 10.6 Å². The second-order valence-corrected chi connectivity index (χ2v) is 7.41. The normalized spacial score (nSPS) is 11.2. The van der Waals surface area contributed by atoms with Crippen LogP contribution in [-0.4, -0.2) is 20.1 Å². The minimum absolute atomic E-state index is 0.00111. The van der Waals surface area contributed by atoms with Crippen LogP contribution in [0.15, 0.2) is 58.3 Å². The summed E-state index contributed by atoms with van der Waals surface area (Å²) in [6.07, 6.45) is 0. The maximum Gasteiger partial charge on any atom is 0.238 e. The Balaban J connectivity index is 1.92. The number of thioether (sulfide) groups is 1.